The third-order valence-corrected chi connectivity index (χ3v) is 7.87. The fourth-order valence-corrected chi connectivity index (χ4v) is 5.78. The number of hydrogen-bond acceptors (Lipinski definition) is 4. The number of ether oxygens (including phenoxy) is 1. The summed E-state index contributed by atoms with van der Waals surface area (Å²) in [6.07, 6.45) is 7.03. The second kappa shape index (κ2) is 12.4. The van der Waals surface area contributed by atoms with Crippen LogP contribution in [0.5, 0.6) is 5.75 Å². The lowest BCUT2D eigenvalue weighted by molar-refractivity contribution is -0.137. The number of benzene rings is 2. The van der Waals surface area contributed by atoms with Gasteiger partial charge in [0, 0.05) is 37.3 Å². The normalized spacial score (nSPS) is 17.9. The van der Waals surface area contributed by atoms with Crippen LogP contribution in [0.15, 0.2) is 66.9 Å². The highest BCUT2D eigenvalue weighted by molar-refractivity contribution is 5.81. The maximum Gasteiger partial charge on any atom is 0.261 e. The van der Waals surface area contributed by atoms with E-state index in [1.807, 2.05) is 48.2 Å². The largest absolute Gasteiger partial charge is 0.481 e. The molecule has 7 heteroatoms. The summed E-state index contributed by atoms with van der Waals surface area (Å²) in [5, 5.41) is 2.97. The molecular formula is C32H36FN3O3. The van der Waals surface area contributed by atoms with E-state index in [1.165, 1.54) is 12.1 Å². The van der Waals surface area contributed by atoms with Gasteiger partial charge in [-0.05, 0) is 78.8 Å². The molecule has 0 radical (unpaired) electrons. The fourth-order valence-electron chi connectivity index (χ4n) is 5.78. The SMILES string of the molecule is CC[C@@H](Oc1ccc2c(c1)[C@@H](c1ccc(F)cc1)N(C(=O)C1CCCC1)CC2)C(=O)NCCc1ccccn1. The Morgan fingerprint density at radius 3 is 2.62 bits per heavy atom. The first-order valence-electron chi connectivity index (χ1n) is 14.1. The molecule has 3 aromatic rings. The second-order valence-electron chi connectivity index (χ2n) is 10.5. The van der Waals surface area contributed by atoms with Crippen molar-refractivity contribution in [1.29, 1.82) is 0 Å². The Hall–Kier alpha value is -3.74. The molecule has 0 spiro atoms. The number of hydrogen-bond donors (Lipinski definition) is 1. The van der Waals surface area contributed by atoms with Crippen LogP contribution >= 0.6 is 0 Å². The summed E-state index contributed by atoms with van der Waals surface area (Å²) in [5.74, 6) is 0.341. The summed E-state index contributed by atoms with van der Waals surface area (Å²) >= 11 is 0. The predicted octanol–water partition coefficient (Wildman–Crippen LogP) is 5.40. The Morgan fingerprint density at radius 2 is 1.90 bits per heavy atom. The number of nitrogens with one attached hydrogen (secondary N) is 1. The Kier molecular flexibility index (Phi) is 8.54. The molecule has 1 aromatic heterocycles. The van der Waals surface area contributed by atoms with Crippen molar-refractivity contribution in [3.8, 4) is 5.75 Å². The number of carbonyl (C=O) groups excluding carboxylic acids is 2. The summed E-state index contributed by atoms with van der Waals surface area (Å²) < 4.78 is 20.0. The average molecular weight is 530 g/mol. The van der Waals surface area contributed by atoms with Crippen LogP contribution in [0.4, 0.5) is 4.39 Å². The van der Waals surface area contributed by atoms with Gasteiger partial charge in [0.25, 0.3) is 5.91 Å². The van der Waals surface area contributed by atoms with Gasteiger partial charge in [0.15, 0.2) is 6.10 Å². The summed E-state index contributed by atoms with van der Waals surface area (Å²) in [6, 6.07) is 17.7. The van der Waals surface area contributed by atoms with Crippen molar-refractivity contribution >= 4 is 11.8 Å². The van der Waals surface area contributed by atoms with Gasteiger partial charge >= 0.3 is 0 Å². The van der Waals surface area contributed by atoms with Crippen LogP contribution in [-0.2, 0) is 22.4 Å². The molecule has 204 valence electrons. The molecule has 1 N–H and O–H groups in total. The molecule has 2 aliphatic rings. The zero-order valence-electron chi connectivity index (χ0n) is 22.4. The van der Waals surface area contributed by atoms with Crippen molar-refractivity contribution in [1.82, 2.24) is 15.2 Å². The van der Waals surface area contributed by atoms with Gasteiger partial charge in [0.1, 0.15) is 11.6 Å². The minimum Gasteiger partial charge on any atom is -0.481 e. The van der Waals surface area contributed by atoms with Crippen molar-refractivity contribution in [3.63, 3.8) is 0 Å². The molecule has 0 bridgehead atoms. The number of pyridine rings is 1. The first-order valence-corrected chi connectivity index (χ1v) is 14.1. The van der Waals surface area contributed by atoms with Crippen molar-refractivity contribution in [2.24, 2.45) is 5.92 Å². The van der Waals surface area contributed by atoms with Crippen molar-refractivity contribution < 1.29 is 18.7 Å². The highest BCUT2D eigenvalue weighted by Gasteiger charge is 2.36. The average Bonchev–Trinajstić information content (AvgIpc) is 3.51. The number of carbonyl (C=O) groups is 2. The summed E-state index contributed by atoms with van der Waals surface area (Å²) in [6.45, 7) is 3.02. The van der Waals surface area contributed by atoms with E-state index in [0.29, 0.717) is 31.7 Å². The van der Waals surface area contributed by atoms with E-state index in [2.05, 4.69) is 10.3 Å². The zero-order chi connectivity index (χ0) is 27.2. The van der Waals surface area contributed by atoms with Gasteiger partial charge in [0.05, 0.1) is 6.04 Å². The molecule has 2 aromatic carbocycles. The number of aromatic nitrogens is 1. The van der Waals surface area contributed by atoms with Gasteiger partial charge < -0.3 is 15.0 Å². The predicted molar refractivity (Wildman–Crippen MR) is 148 cm³/mol. The summed E-state index contributed by atoms with van der Waals surface area (Å²) in [5.41, 5.74) is 3.91. The van der Waals surface area contributed by atoms with Crippen LogP contribution < -0.4 is 10.1 Å². The highest BCUT2D eigenvalue weighted by atomic mass is 19.1. The minimum absolute atomic E-state index is 0.0492. The topological polar surface area (TPSA) is 71.5 Å². The molecule has 2 atom stereocenters. The molecule has 39 heavy (non-hydrogen) atoms. The Morgan fingerprint density at radius 1 is 1.10 bits per heavy atom. The Balaban J connectivity index is 1.35. The number of rotatable bonds is 9. The molecule has 1 fully saturated rings. The minimum atomic E-state index is -0.643. The molecular weight excluding hydrogens is 493 g/mol. The van der Waals surface area contributed by atoms with E-state index >= 15 is 0 Å². The molecule has 0 unspecified atom stereocenters. The highest BCUT2D eigenvalue weighted by Crippen LogP contribution is 2.40. The standard InChI is InChI=1S/C32H36FN3O3/c1-2-29(31(37)35-19-16-26-9-5-6-18-34-26)39-27-15-12-22-17-20-36(32(38)24-7-3-4-8-24)30(28(22)21-27)23-10-13-25(33)14-11-23/h5-6,9-15,18,21,24,29-30H,2-4,7-8,16-17,19-20H2,1H3,(H,35,37)/t29-,30-/m1/s1. The van der Waals surface area contributed by atoms with Crippen LogP contribution in [0.3, 0.4) is 0 Å². The fraction of sp³-hybridized carbons (Fsp3) is 0.406. The molecule has 2 heterocycles. The Labute approximate surface area is 229 Å². The van der Waals surface area contributed by atoms with E-state index in [4.69, 9.17) is 4.74 Å². The van der Waals surface area contributed by atoms with E-state index < -0.39 is 6.10 Å². The smallest absolute Gasteiger partial charge is 0.261 e. The van der Waals surface area contributed by atoms with Crippen LogP contribution in [-0.4, -0.2) is 40.9 Å². The molecule has 2 amide bonds. The first kappa shape index (κ1) is 26.9. The first-order chi connectivity index (χ1) is 19.0. The van der Waals surface area contributed by atoms with Crippen molar-refractivity contribution in [3.05, 3.63) is 95.1 Å². The molecule has 1 saturated carbocycles. The lowest BCUT2D eigenvalue weighted by Crippen LogP contribution is -2.43. The van der Waals surface area contributed by atoms with E-state index in [9.17, 15) is 14.0 Å². The molecule has 5 rings (SSSR count). The Bertz CT molecular complexity index is 1280. The van der Waals surface area contributed by atoms with Gasteiger partial charge in [-0.3, -0.25) is 14.6 Å². The maximum atomic E-state index is 13.8. The zero-order valence-corrected chi connectivity index (χ0v) is 22.4. The number of halogens is 1. The lowest BCUT2D eigenvalue weighted by atomic mass is 9.87. The van der Waals surface area contributed by atoms with Crippen LogP contribution in [0, 0.1) is 11.7 Å². The third-order valence-electron chi connectivity index (χ3n) is 7.87. The molecule has 6 nitrogen and oxygen atoms in total. The number of nitrogens with zero attached hydrogens (tertiary/aromatic N) is 2. The molecule has 0 saturated heterocycles. The van der Waals surface area contributed by atoms with Gasteiger partial charge in [-0.15, -0.1) is 0 Å². The maximum absolute atomic E-state index is 13.8. The van der Waals surface area contributed by atoms with Crippen molar-refractivity contribution in [2.45, 2.75) is 64.0 Å². The van der Waals surface area contributed by atoms with Crippen molar-refractivity contribution in [2.75, 3.05) is 13.1 Å². The quantitative estimate of drug-likeness (QED) is 0.403. The summed E-state index contributed by atoms with van der Waals surface area (Å²) in [7, 11) is 0. The van der Waals surface area contributed by atoms with Gasteiger partial charge in [-0.25, -0.2) is 4.39 Å². The van der Waals surface area contributed by atoms with Crippen LogP contribution in [0.25, 0.3) is 0 Å². The van der Waals surface area contributed by atoms with E-state index in [0.717, 1.165) is 54.5 Å². The second-order valence-corrected chi connectivity index (χ2v) is 10.5. The molecule has 1 aliphatic carbocycles. The molecule has 1 aliphatic heterocycles. The summed E-state index contributed by atoms with van der Waals surface area (Å²) in [4.78, 5) is 32.8. The number of amides is 2. The van der Waals surface area contributed by atoms with Gasteiger partial charge in [-0.2, -0.15) is 0 Å². The van der Waals surface area contributed by atoms with Crippen LogP contribution in [0.1, 0.15) is 67.5 Å². The van der Waals surface area contributed by atoms with Crippen LogP contribution in [0.2, 0.25) is 0 Å². The van der Waals surface area contributed by atoms with E-state index in [-0.39, 0.29) is 29.6 Å². The third kappa shape index (κ3) is 6.29. The van der Waals surface area contributed by atoms with Gasteiger partial charge in [-0.1, -0.05) is 44.0 Å². The number of fused-ring (bicyclic) bond motifs is 1. The van der Waals surface area contributed by atoms with E-state index in [1.54, 1.807) is 18.3 Å². The monoisotopic (exact) mass is 529 g/mol. The lowest BCUT2D eigenvalue weighted by Gasteiger charge is -2.39. The van der Waals surface area contributed by atoms with Gasteiger partial charge in [0.2, 0.25) is 5.91 Å².